The van der Waals surface area contributed by atoms with Crippen LogP contribution in [0.1, 0.15) is 16.8 Å². The summed E-state index contributed by atoms with van der Waals surface area (Å²) in [5.41, 5.74) is 3.41. The van der Waals surface area contributed by atoms with Gasteiger partial charge in [-0.2, -0.15) is 4.57 Å². The van der Waals surface area contributed by atoms with E-state index in [-0.39, 0.29) is 4.90 Å². The van der Waals surface area contributed by atoms with Crippen LogP contribution in [0.15, 0.2) is 83.9 Å². The molecule has 2 aromatic carbocycles. The Labute approximate surface area is 173 Å². The predicted molar refractivity (Wildman–Crippen MR) is 115 cm³/mol. The molecular weight excluding hydrogens is 384 g/mol. The summed E-state index contributed by atoms with van der Waals surface area (Å²) in [4.78, 5) is 1.99. The molecule has 0 aliphatic heterocycles. The fraction of sp³-hybridized carbons (Fsp3) is 0.174. The summed E-state index contributed by atoms with van der Waals surface area (Å²) in [6.45, 7) is 2.75. The minimum absolute atomic E-state index is 0.178. The lowest BCUT2D eigenvalue weighted by atomic mass is 10.2. The molecule has 0 fully saturated rings. The lowest BCUT2D eigenvalue weighted by Crippen LogP contribution is -2.33. The maximum atomic E-state index is 10.4. The molecule has 0 aliphatic rings. The van der Waals surface area contributed by atoms with Gasteiger partial charge in [-0.25, -0.2) is 8.42 Å². The van der Waals surface area contributed by atoms with Gasteiger partial charge in [0.15, 0.2) is 12.4 Å². The minimum atomic E-state index is -4.27. The Balaban J connectivity index is 0.000000234. The van der Waals surface area contributed by atoms with Gasteiger partial charge in [-0.15, -0.1) is 0 Å². The van der Waals surface area contributed by atoms with Gasteiger partial charge < -0.3 is 4.55 Å². The number of hydrogen-bond acceptors (Lipinski definition) is 4. The van der Waals surface area contributed by atoms with Crippen molar-refractivity contribution in [1.82, 2.24) is 4.90 Å². The minimum Gasteiger partial charge on any atom is -0.744 e. The van der Waals surface area contributed by atoms with Gasteiger partial charge in [-0.1, -0.05) is 54.1 Å². The molecule has 0 aliphatic carbocycles. The summed E-state index contributed by atoms with van der Waals surface area (Å²) in [6, 6.07) is 22.4. The lowest BCUT2D eigenvalue weighted by Gasteiger charge is -2.06. The average molecular weight is 411 g/mol. The molecular formula is C23H26N2O3S. The first-order chi connectivity index (χ1) is 13.8. The SMILES string of the molecule is CN(C)Cc1cccc[n+]1C=Cc1ccccc1.Cc1ccc(S(=O)(=O)[O-])cc1. The van der Waals surface area contributed by atoms with Gasteiger partial charge in [0.05, 0.1) is 11.4 Å². The normalized spacial score (nSPS) is 11.3. The van der Waals surface area contributed by atoms with Crippen LogP contribution >= 0.6 is 0 Å². The van der Waals surface area contributed by atoms with Crippen LogP contribution in [0.5, 0.6) is 0 Å². The molecule has 0 atom stereocenters. The van der Waals surface area contributed by atoms with Crippen molar-refractivity contribution in [2.75, 3.05) is 14.1 Å². The van der Waals surface area contributed by atoms with Gasteiger partial charge in [0.1, 0.15) is 10.1 Å². The summed E-state index contributed by atoms with van der Waals surface area (Å²) < 4.78 is 33.3. The number of nitrogens with zero attached hydrogens (tertiary/aromatic N) is 2. The average Bonchev–Trinajstić information content (AvgIpc) is 2.68. The molecule has 0 N–H and O–H groups in total. The molecule has 0 saturated heterocycles. The second-order valence-corrected chi connectivity index (χ2v) is 8.21. The monoisotopic (exact) mass is 410 g/mol. The quantitative estimate of drug-likeness (QED) is 0.477. The second-order valence-electron chi connectivity index (χ2n) is 6.83. The molecule has 0 unspecified atom stereocenters. The predicted octanol–water partition coefficient (Wildman–Crippen LogP) is 3.56. The number of rotatable bonds is 5. The molecule has 0 bridgehead atoms. The van der Waals surface area contributed by atoms with Crippen molar-refractivity contribution >= 4 is 22.4 Å². The van der Waals surface area contributed by atoms with Crippen LogP contribution in [0, 0.1) is 6.92 Å². The highest BCUT2D eigenvalue weighted by Gasteiger charge is 2.07. The van der Waals surface area contributed by atoms with E-state index in [1.807, 2.05) is 13.0 Å². The summed E-state index contributed by atoms with van der Waals surface area (Å²) in [6.07, 6.45) is 6.31. The van der Waals surface area contributed by atoms with Gasteiger partial charge >= 0.3 is 0 Å². The van der Waals surface area contributed by atoms with Crippen molar-refractivity contribution in [3.63, 3.8) is 0 Å². The summed E-state index contributed by atoms with van der Waals surface area (Å²) in [5.74, 6) is 0. The van der Waals surface area contributed by atoms with Crippen LogP contribution in [0.3, 0.4) is 0 Å². The first-order valence-corrected chi connectivity index (χ1v) is 10.6. The first-order valence-electron chi connectivity index (χ1n) is 9.15. The number of aromatic nitrogens is 1. The van der Waals surface area contributed by atoms with Gasteiger partial charge in [-0.05, 0) is 38.7 Å². The highest BCUT2D eigenvalue weighted by Crippen LogP contribution is 2.08. The van der Waals surface area contributed by atoms with E-state index in [2.05, 4.69) is 84.5 Å². The van der Waals surface area contributed by atoms with Crippen molar-refractivity contribution < 1.29 is 17.5 Å². The number of aryl methyl sites for hydroxylation is 1. The molecule has 29 heavy (non-hydrogen) atoms. The highest BCUT2D eigenvalue weighted by molar-refractivity contribution is 7.85. The van der Waals surface area contributed by atoms with Gasteiger partial charge in [-0.3, -0.25) is 4.90 Å². The van der Waals surface area contributed by atoms with Crippen LogP contribution < -0.4 is 4.57 Å². The Morgan fingerprint density at radius 1 is 0.931 bits per heavy atom. The van der Waals surface area contributed by atoms with Gasteiger partial charge in [0, 0.05) is 18.2 Å². The molecule has 3 aromatic rings. The first kappa shape index (κ1) is 22.5. The topological polar surface area (TPSA) is 64.3 Å². The zero-order valence-electron chi connectivity index (χ0n) is 16.9. The summed E-state index contributed by atoms with van der Waals surface area (Å²) in [5, 5.41) is 0. The third-order valence-electron chi connectivity index (χ3n) is 3.99. The second kappa shape index (κ2) is 10.7. The van der Waals surface area contributed by atoms with Gasteiger partial charge in [0.25, 0.3) is 0 Å². The van der Waals surface area contributed by atoms with E-state index in [9.17, 15) is 13.0 Å². The van der Waals surface area contributed by atoms with E-state index in [1.54, 1.807) is 12.1 Å². The van der Waals surface area contributed by atoms with Crippen LogP contribution in [0.25, 0.3) is 12.3 Å². The van der Waals surface area contributed by atoms with Gasteiger partial charge in [0.2, 0.25) is 5.69 Å². The zero-order chi connectivity index (χ0) is 21.3. The lowest BCUT2D eigenvalue weighted by molar-refractivity contribution is -0.577. The maximum absolute atomic E-state index is 10.4. The van der Waals surface area contributed by atoms with Crippen molar-refractivity contribution in [1.29, 1.82) is 0 Å². The van der Waals surface area contributed by atoms with Crippen molar-refractivity contribution in [2.24, 2.45) is 0 Å². The highest BCUT2D eigenvalue weighted by atomic mass is 32.2. The fourth-order valence-corrected chi connectivity index (χ4v) is 3.00. The van der Waals surface area contributed by atoms with Crippen molar-refractivity contribution in [2.45, 2.75) is 18.4 Å². The van der Waals surface area contributed by atoms with Crippen LogP contribution in [-0.2, 0) is 16.7 Å². The number of pyridine rings is 1. The third-order valence-corrected chi connectivity index (χ3v) is 4.84. The fourth-order valence-electron chi connectivity index (χ4n) is 2.53. The third kappa shape index (κ3) is 7.99. The molecule has 3 rings (SSSR count). The standard InChI is InChI=1S/C16H19N2.C7H8O3S/c1-17(2)14-16-10-6-7-12-18(16)13-11-15-8-4-3-5-9-15;1-6-2-4-7(5-3-6)11(8,9)10/h3-13H,14H2,1-2H3;2-5H,1H3,(H,8,9,10)/q+1;/p-1. The number of benzene rings is 2. The molecule has 0 radical (unpaired) electrons. The number of hydrogen-bond donors (Lipinski definition) is 0. The van der Waals surface area contributed by atoms with Crippen molar-refractivity contribution in [3.05, 3.63) is 95.8 Å². The van der Waals surface area contributed by atoms with E-state index < -0.39 is 10.1 Å². The maximum Gasteiger partial charge on any atom is 0.200 e. The molecule has 0 spiro atoms. The van der Waals surface area contributed by atoms with E-state index in [1.165, 1.54) is 23.4 Å². The molecule has 1 aromatic heterocycles. The van der Waals surface area contributed by atoms with Crippen LogP contribution in [0.4, 0.5) is 0 Å². The summed E-state index contributed by atoms with van der Waals surface area (Å²) >= 11 is 0. The van der Waals surface area contributed by atoms with Crippen molar-refractivity contribution in [3.8, 4) is 0 Å². The Morgan fingerprint density at radius 2 is 1.55 bits per heavy atom. The Hall–Kier alpha value is -2.80. The van der Waals surface area contributed by atoms with Crippen LogP contribution in [-0.4, -0.2) is 32.0 Å². The Bertz CT molecular complexity index is 1030. The summed E-state index contributed by atoms with van der Waals surface area (Å²) in [7, 11) is -0.106. The molecule has 6 heteroatoms. The molecule has 5 nitrogen and oxygen atoms in total. The van der Waals surface area contributed by atoms with E-state index in [0.717, 1.165) is 12.1 Å². The molecule has 0 amide bonds. The smallest absolute Gasteiger partial charge is 0.200 e. The van der Waals surface area contributed by atoms with Crippen LogP contribution in [0.2, 0.25) is 0 Å². The molecule has 1 heterocycles. The Morgan fingerprint density at radius 3 is 2.14 bits per heavy atom. The molecule has 0 saturated carbocycles. The largest absolute Gasteiger partial charge is 0.744 e. The molecule has 152 valence electrons. The van der Waals surface area contributed by atoms with E-state index in [4.69, 9.17) is 0 Å². The Kier molecular flexibility index (Phi) is 8.27. The van der Waals surface area contributed by atoms with E-state index in [0.29, 0.717) is 0 Å². The van der Waals surface area contributed by atoms with E-state index >= 15 is 0 Å². The zero-order valence-corrected chi connectivity index (χ0v) is 17.7.